The summed E-state index contributed by atoms with van der Waals surface area (Å²) >= 11 is 0. The number of aryl methyl sites for hydroxylation is 1. The summed E-state index contributed by atoms with van der Waals surface area (Å²) in [5.74, 6) is -0.000867. The van der Waals surface area contributed by atoms with E-state index in [1.54, 1.807) is 22.5 Å². The number of aliphatic hydroxyl groups excluding tert-OH is 1. The number of H-pyrrole nitrogens is 1. The predicted octanol–water partition coefficient (Wildman–Crippen LogP) is -2.26. The molecular formula is C13H18N5O6+. The van der Waals surface area contributed by atoms with Crippen molar-refractivity contribution in [1.29, 1.82) is 0 Å². The minimum absolute atomic E-state index is 0.000867. The van der Waals surface area contributed by atoms with E-state index in [0.29, 0.717) is 11.2 Å². The molecule has 4 rings (SSSR count). The van der Waals surface area contributed by atoms with E-state index in [1.165, 1.54) is 7.11 Å². The number of aliphatic hydroxyl groups is 1. The highest BCUT2D eigenvalue weighted by atomic mass is 16.9. The van der Waals surface area contributed by atoms with E-state index in [2.05, 4.69) is 9.97 Å². The van der Waals surface area contributed by atoms with Crippen molar-refractivity contribution in [1.82, 2.24) is 14.5 Å². The molecule has 24 heavy (non-hydrogen) atoms. The van der Waals surface area contributed by atoms with Crippen LogP contribution in [-0.4, -0.2) is 58.1 Å². The number of aromatic amines is 1. The minimum atomic E-state index is -0.836. The molecule has 4 heterocycles. The second-order valence-electron chi connectivity index (χ2n) is 5.73. The molecule has 2 aromatic heterocycles. The van der Waals surface area contributed by atoms with Gasteiger partial charge in [-0.25, -0.2) is 4.57 Å². The van der Waals surface area contributed by atoms with Crippen molar-refractivity contribution in [2.24, 2.45) is 7.05 Å². The molecule has 0 spiro atoms. The largest absolute Gasteiger partial charge is 0.394 e. The van der Waals surface area contributed by atoms with Crippen LogP contribution in [0.5, 0.6) is 0 Å². The molecule has 4 N–H and O–H groups in total. The van der Waals surface area contributed by atoms with Crippen LogP contribution in [0.1, 0.15) is 6.23 Å². The highest BCUT2D eigenvalue weighted by Gasteiger charge is 2.55. The molecule has 0 bridgehead atoms. The molecule has 0 aromatic carbocycles. The molecule has 0 amide bonds. The molecule has 2 aliphatic heterocycles. The van der Waals surface area contributed by atoms with Crippen LogP contribution in [0.3, 0.4) is 0 Å². The molecule has 2 aliphatic rings. The lowest BCUT2D eigenvalue weighted by Gasteiger charge is -2.17. The van der Waals surface area contributed by atoms with Gasteiger partial charge in [0.2, 0.25) is 11.7 Å². The Morgan fingerprint density at radius 3 is 2.92 bits per heavy atom. The number of anilines is 1. The number of nitrogens with one attached hydrogen (secondary N) is 1. The van der Waals surface area contributed by atoms with Crippen molar-refractivity contribution in [3.8, 4) is 0 Å². The molecule has 2 fully saturated rings. The number of nitrogen functional groups attached to an aromatic ring is 1. The quantitative estimate of drug-likeness (QED) is 0.532. The fraction of sp³-hybridized carbons (Fsp3) is 0.615. The SMILES string of the molecule is COC1O[C@@H]2[C@H](O1)[C@@H](CO)O[C@H]2[n+]1cn(C)c2c(=O)[nH]c(N)nc21. The number of ether oxygens (including phenoxy) is 4. The van der Waals surface area contributed by atoms with Gasteiger partial charge in [-0.2, -0.15) is 0 Å². The number of imidazole rings is 1. The Balaban J connectivity index is 1.81. The number of rotatable bonds is 3. The van der Waals surface area contributed by atoms with Crippen LogP contribution >= 0.6 is 0 Å². The number of nitrogens with zero attached hydrogens (tertiary/aromatic N) is 3. The molecule has 2 aromatic rings. The number of fused-ring (bicyclic) bond motifs is 2. The summed E-state index contributed by atoms with van der Waals surface area (Å²) < 4.78 is 25.5. The van der Waals surface area contributed by atoms with Crippen molar-refractivity contribution in [3.05, 3.63) is 16.7 Å². The Morgan fingerprint density at radius 2 is 2.21 bits per heavy atom. The van der Waals surface area contributed by atoms with Crippen molar-refractivity contribution in [3.63, 3.8) is 0 Å². The smallest absolute Gasteiger partial charge is 0.313 e. The molecular weight excluding hydrogens is 322 g/mol. The molecule has 11 heteroatoms. The van der Waals surface area contributed by atoms with Gasteiger partial charge in [0.1, 0.15) is 12.2 Å². The van der Waals surface area contributed by atoms with Crippen LogP contribution in [0.2, 0.25) is 0 Å². The zero-order valence-electron chi connectivity index (χ0n) is 13.1. The Morgan fingerprint density at radius 1 is 1.46 bits per heavy atom. The van der Waals surface area contributed by atoms with Crippen molar-refractivity contribution in [2.45, 2.75) is 31.0 Å². The lowest BCUT2D eigenvalue weighted by atomic mass is 10.1. The zero-order chi connectivity index (χ0) is 17.0. The summed E-state index contributed by atoms with van der Waals surface area (Å²) in [6.07, 6.45) is -0.582. The predicted molar refractivity (Wildman–Crippen MR) is 77.5 cm³/mol. The topological polar surface area (TPSA) is 138 Å². The van der Waals surface area contributed by atoms with E-state index in [4.69, 9.17) is 24.7 Å². The van der Waals surface area contributed by atoms with Crippen LogP contribution in [0.25, 0.3) is 11.2 Å². The van der Waals surface area contributed by atoms with Gasteiger partial charge in [0, 0.05) is 7.11 Å². The van der Waals surface area contributed by atoms with Gasteiger partial charge in [-0.15, -0.1) is 0 Å². The lowest BCUT2D eigenvalue weighted by Crippen LogP contribution is -2.46. The summed E-state index contributed by atoms with van der Waals surface area (Å²) in [6, 6.07) is 0. The summed E-state index contributed by atoms with van der Waals surface area (Å²) in [7, 11) is 3.17. The average Bonchev–Trinajstić information content (AvgIpc) is 3.18. The minimum Gasteiger partial charge on any atom is -0.394 e. The Bertz CT molecular complexity index is 834. The maximum absolute atomic E-state index is 12.1. The molecule has 0 saturated carbocycles. The molecule has 1 unspecified atom stereocenters. The van der Waals surface area contributed by atoms with Gasteiger partial charge in [0.25, 0.3) is 18.0 Å². The van der Waals surface area contributed by atoms with Crippen LogP contribution < -0.4 is 15.9 Å². The maximum atomic E-state index is 12.1. The first-order valence-corrected chi connectivity index (χ1v) is 7.39. The summed E-state index contributed by atoms with van der Waals surface area (Å²) in [6.45, 7) is -1.07. The van der Waals surface area contributed by atoms with E-state index in [-0.39, 0.29) is 18.1 Å². The van der Waals surface area contributed by atoms with Gasteiger partial charge in [-0.05, 0) is 0 Å². The van der Waals surface area contributed by atoms with Gasteiger partial charge in [0.15, 0.2) is 12.4 Å². The summed E-state index contributed by atoms with van der Waals surface area (Å²) in [5.41, 5.74) is 6.00. The molecule has 0 aliphatic carbocycles. The highest BCUT2D eigenvalue weighted by Crippen LogP contribution is 2.37. The van der Waals surface area contributed by atoms with E-state index in [1.807, 2.05) is 0 Å². The van der Waals surface area contributed by atoms with Gasteiger partial charge >= 0.3 is 5.65 Å². The Kier molecular flexibility index (Phi) is 3.54. The second-order valence-corrected chi connectivity index (χ2v) is 5.73. The molecule has 5 atom stereocenters. The first-order valence-electron chi connectivity index (χ1n) is 7.39. The molecule has 0 radical (unpaired) electrons. The third-order valence-corrected chi connectivity index (χ3v) is 4.26. The van der Waals surface area contributed by atoms with Gasteiger partial charge in [0.05, 0.1) is 13.7 Å². The lowest BCUT2D eigenvalue weighted by molar-refractivity contribution is -0.746. The fourth-order valence-corrected chi connectivity index (χ4v) is 3.24. The normalized spacial score (nSPS) is 32.5. The van der Waals surface area contributed by atoms with Crippen molar-refractivity contribution in [2.75, 3.05) is 19.5 Å². The standard InChI is InChI=1S/C13H17N5O6/c1-17-4-18(9-6(17)10(20)16-12(14)15-9)11-8-7(5(3-19)22-11)23-13(21-2)24-8/h4-5,7-8,11,13,19H,3H2,1-2H3,(H2-,14,15,16,20)/p+1/t5-,7-,8-,11-,13?/m1/s1. The van der Waals surface area contributed by atoms with Crippen molar-refractivity contribution >= 4 is 17.1 Å². The van der Waals surface area contributed by atoms with Gasteiger partial charge in [-0.1, -0.05) is 4.98 Å². The van der Waals surface area contributed by atoms with Crippen LogP contribution in [0, 0.1) is 0 Å². The monoisotopic (exact) mass is 340 g/mol. The molecule has 130 valence electrons. The van der Waals surface area contributed by atoms with Crippen LogP contribution in [0.4, 0.5) is 5.95 Å². The molecule has 11 nitrogen and oxygen atoms in total. The van der Waals surface area contributed by atoms with Crippen LogP contribution in [0.15, 0.2) is 11.1 Å². The fourth-order valence-electron chi connectivity index (χ4n) is 3.24. The number of hydrogen-bond acceptors (Lipinski definition) is 8. The first-order chi connectivity index (χ1) is 11.5. The van der Waals surface area contributed by atoms with Crippen LogP contribution in [-0.2, 0) is 26.0 Å². The van der Waals surface area contributed by atoms with Crippen molar-refractivity contribution < 1.29 is 28.6 Å². The van der Waals surface area contributed by atoms with E-state index >= 15 is 0 Å². The number of aromatic nitrogens is 4. The summed E-state index contributed by atoms with van der Waals surface area (Å²) in [4.78, 5) is 18.8. The first kappa shape index (κ1) is 15.5. The van der Waals surface area contributed by atoms with Gasteiger partial charge < -0.3 is 29.8 Å². The zero-order valence-corrected chi connectivity index (χ0v) is 13.1. The second kappa shape index (κ2) is 5.50. The number of methoxy groups -OCH3 is 1. The number of nitrogens with two attached hydrogens (primary N) is 1. The Hall–Kier alpha value is -2.05. The summed E-state index contributed by atoms with van der Waals surface area (Å²) in [5, 5.41) is 9.54. The number of hydrogen-bond donors (Lipinski definition) is 3. The third-order valence-electron chi connectivity index (χ3n) is 4.26. The third kappa shape index (κ3) is 2.13. The van der Waals surface area contributed by atoms with Gasteiger partial charge in [-0.3, -0.25) is 14.3 Å². The Labute approximate surface area is 135 Å². The maximum Gasteiger partial charge on any atom is 0.313 e. The molecule has 2 saturated heterocycles. The van der Waals surface area contributed by atoms with E-state index < -0.39 is 31.0 Å². The van der Waals surface area contributed by atoms with E-state index in [0.717, 1.165) is 0 Å². The van der Waals surface area contributed by atoms with E-state index in [9.17, 15) is 9.90 Å². The average molecular weight is 340 g/mol. The highest BCUT2D eigenvalue weighted by molar-refractivity contribution is 5.67.